The highest BCUT2D eigenvalue weighted by Gasteiger charge is 2.29. The van der Waals surface area contributed by atoms with Crippen LogP contribution in [-0.4, -0.2) is 40.7 Å². The molecule has 2 fully saturated rings. The van der Waals surface area contributed by atoms with E-state index in [0.717, 1.165) is 26.2 Å². The van der Waals surface area contributed by atoms with Crippen molar-refractivity contribution in [2.75, 3.05) is 19.8 Å². The number of epoxide rings is 1. The van der Waals surface area contributed by atoms with Crippen molar-refractivity contribution >= 4 is 9.04 Å². The maximum atomic E-state index is 5.87. The Morgan fingerprint density at radius 1 is 1.50 bits per heavy atom. The van der Waals surface area contributed by atoms with Gasteiger partial charge in [-0.05, 0) is 18.9 Å². The van der Waals surface area contributed by atoms with Gasteiger partial charge >= 0.3 is 0 Å². The fourth-order valence-corrected chi connectivity index (χ4v) is 4.71. The quantitative estimate of drug-likeness (QED) is 0.512. The average molecular weight is 216 g/mol. The second-order valence-corrected chi connectivity index (χ2v) is 6.87. The lowest BCUT2D eigenvalue weighted by Crippen LogP contribution is -2.39. The van der Waals surface area contributed by atoms with Gasteiger partial charge in [-0.3, -0.25) is 0 Å². The molecule has 0 saturated carbocycles. The van der Waals surface area contributed by atoms with Crippen LogP contribution >= 0.6 is 0 Å². The maximum Gasteiger partial charge on any atom is 0.205 e. The van der Waals surface area contributed by atoms with Gasteiger partial charge in [0.2, 0.25) is 9.04 Å². The van der Waals surface area contributed by atoms with Crippen LogP contribution in [0.25, 0.3) is 0 Å². The van der Waals surface area contributed by atoms with Gasteiger partial charge in [-0.1, -0.05) is 13.3 Å². The summed E-state index contributed by atoms with van der Waals surface area (Å²) in [7, 11) is -1.05. The number of hydrogen-bond donors (Lipinski definition) is 0. The Hall–Kier alpha value is 0.0969. The molecule has 0 amide bonds. The topological polar surface area (TPSA) is 31.0 Å². The van der Waals surface area contributed by atoms with Crippen LogP contribution in [0, 0.1) is 0 Å². The molecule has 0 aromatic carbocycles. The van der Waals surface area contributed by atoms with E-state index < -0.39 is 9.04 Å². The van der Waals surface area contributed by atoms with E-state index in [1.165, 1.54) is 18.9 Å². The van der Waals surface area contributed by atoms with Gasteiger partial charge in [0, 0.05) is 6.61 Å². The van der Waals surface area contributed by atoms with Crippen LogP contribution in [0.1, 0.15) is 26.2 Å². The second-order valence-electron chi connectivity index (χ2n) is 4.14. The zero-order valence-corrected chi connectivity index (χ0v) is 10.1. The smallest absolute Gasteiger partial charge is 0.205 e. The van der Waals surface area contributed by atoms with Gasteiger partial charge in [-0.2, -0.15) is 0 Å². The summed E-state index contributed by atoms with van der Waals surface area (Å²) in [5.74, 6) is 0. The van der Waals surface area contributed by atoms with Crippen molar-refractivity contribution < 1.29 is 13.9 Å². The van der Waals surface area contributed by atoms with E-state index >= 15 is 0 Å². The lowest BCUT2D eigenvalue weighted by Gasteiger charge is -2.28. The van der Waals surface area contributed by atoms with Crippen molar-refractivity contribution in [2.45, 2.75) is 44.1 Å². The van der Waals surface area contributed by atoms with Crippen LogP contribution in [-0.2, 0) is 13.9 Å². The summed E-state index contributed by atoms with van der Waals surface area (Å²) in [5, 5.41) is 0. The average Bonchev–Trinajstić information content (AvgIpc) is 3.04. The first-order valence-electron chi connectivity index (χ1n) is 5.75. The van der Waals surface area contributed by atoms with E-state index in [2.05, 4.69) is 6.92 Å². The summed E-state index contributed by atoms with van der Waals surface area (Å²) in [4.78, 5) is 0. The first kappa shape index (κ1) is 10.6. The van der Waals surface area contributed by atoms with Gasteiger partial charge in [0.25, 0.3) is 0 Å². The maximum absolute atomic E-state index is 5.87. The van der Waals surface area contributed by atoms with E-state index in [1.807, 2.05) is 0 Å². The van der Waals surface area contributed by atoms with Gasteiger partial charge in [-0.15, -0.1) is 0 Å². The van der Waals surface area contributed by atoms with Crippen LogP contribution in [0.2, 0.25) is 6.04 Å². The Labute approximate surface area is 87.5 Å². The molecule has 2 aliphatic heterocycles. The molecule has 3 nitrogen and oxygen atoms in total. The predicted molar refractivity (Wildman–Crippen MR) is 56.9 cm³/mol. The Kier molecular flexibility index (Phi) is 3.98. The molecular formula is C10H20O3Si. The molecule has 3 atom stereocenters. The third-order valence-electron chi connectivity index (χ3n) is 2.93. The molecule has 82 valence electrons. The van der Waals surface area contributed by atoms with Crippen molar-refractivity contribution in [3.63, 3.8) is 0 Å². The minimum absolute atomic E-state index is 0.390. The van der Waals surface area contributed by atoms with Gasteiger partial charge in [0.05, 0.1) is 18.9 Å². The Balaban J connectivity index is 1.71. The molecule has 0 aromatic rings. The summed E-state index contributed by atoms with van der Waals surface area (Å²) in [6.45, 7) is 4.84. The summed E-state index contributed by atoms with van der Waals surface area (Å²) >= 11 is 0. The van der Waals surface area contributed by atoms with Crippen LogP contribution in [0.4, 0.5) is 0 Å². The largest absolute Gasteiger partial charge is 0.417 e. The first-order valence-corrected chi connectivity index (χ1v) is 7.70. The lowest BCUT2D eigenvalue weighted by molar-refractivity contribution is 0.0694. The lowest BCUT2D eigenvalue weighted by atomic mass is 10.4. The molecular weight excluding hydrogens is 196 g/mol. The zero-order valence-electron chi connectivity index (χ0n) is 8.91. The van der Waals surface area contributed by atoms with Gasteiger partial charge in [0.15, 0.2) is 0 Å². The molecule has 2 aliphatic rings. The SMILES string of the molecule is CCC(OCC1CO1)[SiH]1CCCCO1. The Bertz CT molecular complexity index is 167. The zero-order chi connectivity index (χ0) is 9.80. The van der Waals surface area contributed by atoms with Crippen molar-refractivity contribution in [3.8, 4) is 0 Å². The molecule has 2 rings (SSSR count). The molecule has 0 N–H and O–H groups in total. The second kappa shape index (κ2) is 5.26. The van der Waals surface area contributed by atoms with Crippen molar-refractivity contribution in [1.82, 2.24) is 0 Å². The van der Waals surface area contributed by atoms with Crippen molar-refractivity contribution in [2.24, 2.45) is 0 Å². The van der Waals surface area contributed by atoms with Gasteiger partial charge in [0.1, 0.15) is 6.10 Å². The Morgan fingerprint density at radius 2 is 2.36 bits per heavy atom. The molecule has 14 heavy (non-hydrogen) atoms. The number of rotatable bonds is 5. The van der Waals surface area contributed by atoms with E-state index in [0.29, 0.717) is 11.8 Å². The van der Waals surface area contributed by atoms with Gasteiger partial charge in [-0.25, -0.2) is 0 Å². The van der Waals surface area contributed by atoms with E-state index in [-0.39, 0.29) is 0 Å². The molecule has 0 radical (unpaired) electrons. The normalized spacial score (nSPS) is 34.1. The molecule has 4 heteroatoms. The summed E-state index contributed by atoms with van der Waals surface area (Å²) in [5.41, 5.74) is 0.416. The van der Waals surface area contributed by atoms with Crippen LogP contribution < -0.4 is 0 Å². The molecule has 0 aliphatic carbocycles. The van der Waals surface area contributed by atoms with Crippen LogP contribution in [0.15, 0.2) is 0 Å². The van der Waals surface area contributed by atoms with E-state index in [4.69, 9.17) is 13.9 Å². The van der Waals surface area contributed by atoms with E-state index in [1.54, 1.807) is 0 Å². The van der Waals surface area contributed by atoms with Gasteiger partial charge < -0.3 is 13.9 Å². The molecule has 3 unspecified atom stereocenters. The fourth-order valence-electron chi connectivity index (χ4n) is 1.94. The Morgan fingerprint density at radius 3 is 2.93 bits per heavy atom. The fraction of sp³-hybridized carbons (Fsp3) is 1.00. The van der Waals surface area contributed by atoms with Crippen LogP contribution in [0.5, 0.6) is 0 Å². The molecule has 0 bridgehead atoms. The monoisotopic (exact) mass is 216 g/mol. The molecule has 2 saturated heterocycles. The number of ether oxygens (including phenoxy) is 2. The highest BCUT2D eigenvalue weighted by atomic mass is 28.3. The standard InChI is InChI=1S/C10H20O3Si/c1-2-10(12-8-9-7-11-9)14-6-4-3-5-13-14/h9-10,14H,2-8H2,1H3. The van der Waals surface area contributed by atoms with Crippen molar-refractivity contribution in [1.29, 1.82) is 0 Å². The highest BCUT2D eigenvalue weighted by molar-refractivity contribution is 6.53. The molecule has 0 spiro atoms. The first-order chi connectivity index (χ1) is 6.90. The van der Waals surface area contributed by atoms with Crippen LogP contribution in [0.3, 0.4) is 0 Å². The van der Waals surface area contributed by atoms with Crippen molar-refractivity contribution in [3.05, 3.63) is 0 Å². The predicted octanol–water partition coefficient (Wildman–Crippen LogP) is 1.25. The third-order valence-corrected chi connectivity index (χ3v) is 6.06. The minimum Gasteiger partial charge on any atom is -0.417 e. The summed E-state index contributed by atoms with van der Waals surface area (Å²) in [6, 6.07) is 1.30. The molecule has 2 heterocycles. The highest BCUT2D eigenvalue weighted by Crippen LogP contribution is 2.19. The minimum atomic E-state index is -1.05. The third kappa shape index (κ3) is 3.05. The molecule has 0 aromatic heterocycles. The summed E-state index contributed by atoms with van der Waals surface area (Å²) < 4.78 is 16.9. The van der Waals surface area contributed by atoms with E-state index in [9.17, 15) is 0 Å². The summed E-state index contributed by atoms with van der Waals surface area (Å²) in [6.07, 6.45) is 4.08. The number of hydrogen-bond acceptors (Lipinski definition) is 3.